The van der Waals surface area contributed by atoms with E-state index in [0.717, 1.165) is 18.8 Å². The van der Waals surface area contributed by atoms with Crippen LogP contribution in [0.25, 0.3) is 0 Å². The zero-order chi connectivity index (χ0) is 22.7. The number of hydrogen-bond acceptors (Lipinski definition) is 5. The van der Waals surface area contributed by atoms with Crippen molar-refractivity contribution >= 4 is 35.7 Å². The molecule has 0 unspecified atom stereocenters. The van der Waals surface area contributed by atoms with Gasteiger partial charge in [0.05, 0.1) is 18.7 Å². The number of carbonyl (C=O) groups is 1. The lowest BCUT2D eigenvalue weighted by molar-refractivity contribution is -0.130. The maximum absolute atomic E-state index is 12.5. The van der Waals surface area contributed by atoms with Gasteiger partial charge in [-0.25, -0.2) is 4.99 Å². The van der Waals surface area contributed by atoms with Crippen molar-refractivity contribution in [3.63, 3.8) is 0 Å². The van der Waals surface area contributed by atoms with Crippen molar-refractivity contribution < 1.29 is 9.53 Å². The SMILES string of the molecule is C=C/C(C(=N)N=C)=C(\C)NCC(=O)N1CCN(c2ccc(Cl)c(OC)c2)CC1.CC. The minimum Gasteiger partial charge on any atom is -0.495 e. The molecule has 164 valence electrons. The van der Waals surface area contributed by atoms with Crippen molar-refractivity contribution in [2.24, 2.45) is 4.99 Å². The molecule has 2 rings (SSSR count). The molecule has 0 radical (unpaired) electrons. The molecule has 0 saturated carbocycles. The Morgan fingerprint density at radius 1 is 1.33 bits per heavy atom. The topological polar surface area (TPSA) is 81.0 Å². The van der Waals surface area contributed by atoms with Crippen LogP contribution >= 0.6 is 11.6 Å². The molecule has 1 fully saturated rings. The van der Waals surface area contributed by atoms with Crippen LogP contribution in [0.4, 0.5) is 5.69 Å². The maximum atomic E-state index is 12.5. The number of halogens is 1. The molecule has 1 aromatic rings. The van der Waals surface area contributed by atoms with Gasteiger partial charge in [0.15, 0.2) is 5.84 Å². The van der Waals surface area contributed by atoms with Crippen LogP contribution in [0, 0.1) is 5.41 Å². The third-order valence-electron chi connectivity index (χ3n) is 4.66. The average molecular weight is 434 g/mol. The number of aliphatic imine (C=N–C) groups is 1. The molecule has 0 aromatic heterocycles. The van der Waals surface area contributed by atoms with Crippen molar-refractivity contribution in [1.29, 1.82) is 5.41 Å². The highest BCUT2D eigenvalue weighted by atomic mass is 35.5. The normalized spacial score (nSPS) is 14.0. The highest BCUT2D eigenvalue weighted by Gasteiger charge is 2.22. The second-order valence-electron chi connectivity index (χ2n) is 6.29. The van der Waals surface area contributed by atoms with E-state index >= 15 is 0 Å². The number of nitrogens with one attached hydrogen (secondary N) is 2. The number of piperazine rings is 1. The molecule has 1 saturated heterocycles. The van der Waals surface area contributed by atoms with E-state index in [1.54, 1.807) is 14.0 Å². The number of carbonyl (C=O) groups excluding carboxylic acids is 1. The van der Waals surface area contributed by atoms with Gasteiger partial charge in [0, 0.05) is 49.2 Å². The van der Waals surface area contributed by atoms with E-state index in [1.807, 2.05) is 36.9 Å². The number of benzene rings is 1. The summed E-state index contributed by atoms with van der Waals surface area (Å²) in [7, 11) is 1.59. The van der Waals surface area contributed by atoms with Crippen LogP contribution in [0.1, 0.15) is 20.8 Å². The van der Waals surface area contributed by atoms with Gasteiger partial charge in [-0.3, -0.25) is 10.2 Å². The number of methoxy groups -OCH3 is 1. The summed E-state index contributed by atoms with van der Waals surface area (Å²) in [6.45, 7) is 15.7. The van der Waals surface area contributed by atoms with Crippen LogP contribution in [0.2, 0.25) is 5.02 Å². The molecule has 0 aliphatic carbocycles. The zero-order valence-electron chi connectivity index (χ0n) is 18.3. The van der Waals surface area contributed by atoms with E-state index in [4.69, 9.17) is 21.7 Å². The van der Waals surface area contributed by atoms with Gasteiger partial charge in [0.25, 0.3) is 0 Å². The number of allylic oxidation sites excluding steroid dienone is 1. The molecule has 0 spiro atoms. The molecule has 30 heavy (non-hydrogen) atoms. The van der Waals surface area contributed by atoms with Crippen molar-refractivity contribution in [3.05, 3.63) is 47.1 Å². The molecule has 2 N–H and O–H groups in total. The fraction of sp³-hybridized carbons (Fsp3) is 0.409. The summed E-state index contributed by atoms with van der Waals surface area (Å²) in [5.74, 6) is 0.676. The van der Waals surface area contributed by atoms with Crippen molar-refractivity contribution in [2.75, 3.05) is 44.7 Å². The fourth-order valence-corrected chi connectivity index (χ4v) is 3.18. The second-order valence-corrected chi connectivity index (χ2v) is 6.70. The number of anilines is 1. The average Bonchev–Trinajstić information content (AvgIpc) is 2.79. The number of hydrogen-bond donors (Lipinski definition) is 2. The monoisotopic (exact) mass is 433 g/mol. The zero-order valence-corrected chi connectivity index (χ0v) is 19.1. The fourth-order valence-electron chi connectivity index (χ4n) is 2.99. The standard InChI is InChI=1S/C20H26ClN5O2.C2H6/c1-5-16(20(22)23-3)14(2)24-13-19(27)26-10-8-25(9-11-26)15-6-7-17(21)18(12-15)28-4;1-2/h5-7,12,22,24H,1,3,8-11,13H2,2,4H3;1-2H3/b16-14-,22-20?;. The van der Waals surface area contributed by atoms with Crippen LogP contribution in [0.5, 0.6) is 5.75 Å². The molecule has 1 aromatic carbocycles. The lowest BCUT2D eigenvalue weighted by Crippen LogP contribution is -2.50. The number of amidine groups is 1. The molecular weight excluding hydrogens is 402 g/mol. The van der Waals surface area contributed by atoms with Crippen LogP contribution in [-0.4, -0.2) is 63.2 Å². The highest BCUT2D eigenvalue weighted by Crippen LogP contribution is 2.29. The largest absolute Gasteiger partial charge is 0.495 e. The van der Waals surface area contributed by atoms with Gasteiger partial charge in [-0.05, 0) is 25.8 Å². The summed E-state index contributed by atoms with van der Waals surface area (Å²) in [6.07, 6.45) is 1.53. The van der Waals surface area contributed by atoms with E-state index in [9.17, 15) is 4.79 Å². The Hall–Kier alpha value is -2.80. The summed E-state index contributed by atoms with van der Waals surface area (Å²) in [5.41, 5.74) is 2.23. The van der Waals surface area contributed by atoms with E-state index in [-0.39, 0.29) is 18.3 Å². The van der Waals surface area contributed by atoms with Gasteiger partial charge >= 0.3 is 0 Å². The Kier molecular flexibility index (Phi) is 10.7. The first-order valence-electron chi connectivity index (χ1n) is 9.90. The third kappa shape index (κ3) is 6.62. The second kappa shape index (κ2) is 12.7. The van der Waals surface area contributed by atoms with Crippen molar-refractivity contribution in [3.8, 4) is 5.75 Å². The minimum atomic E-state index is 0.00851. The molecule has 1 aliphatic rings. The Bertz CT molecular complexity index is 799. The maximum Gasteiger partial charge on any atom is 0.241 e. The predicted molar refractivity (Wildman–Crippen MR) is 126 cm³/mol. The third-order valence-corrected chi connectivity index (χ3v) is 4.97. The quantitative estimate of drug-likeness (QED) is 0.390. The summed E-state index contributed by atoms with van der Waals surface area (Å²) < 4.78 is 5.28. The predicted octanol–water partition coefficient (Wildman–Crippen LogP) is 3.75. The van der Waals surface area contributed by atoms with E-state index in [1.165, 1.54) is 6.08 Å². The summed E-state index contributed by atoms with van der Waals surface area (Å²) >= 11 is 6.09. The Labute approximate surface area is 184 Å². The molecule has 0 bridgehead atoms. The Morgan fingerprint density at radius 3 is 2.50 bits per heavy atom. The highest BCUT2D eigenvalue weighted by molar-refractivity contribution is 6.32. The molecule has 7 nitrogen and oxygen atoms in total. The molecule has 1 amide bonds. The first-order valence-corrected chi connectivity index (χ1v) is 10.3. The van der Waals surface area contributed by atoms with Gasteiger partial charge < -0.3 is 19.9 Å². The van der Waals surface area contributed by atoms with Crippen LogP contribution in [-0.2, 0) is 4.79 Å². The summed E-state index contributed by atoms with van der Waals surface area (Å²) in [5, 5.41) is 11.4. The van der Waals surface area contributed by atoms with E-state index < -0.39 is 0 Å². The number of amides is 1. The smallest absolute Gasteiger partial charge is 0.241 e. The lowest BCUT2D eigenvalue weighted by Gasteiger charge is -2.36. The van der Waals surface area contributed by atoms with Crippen molar-refractivity contribution in [2.45, 2.75) is 20.8 Å². The minimum absolute atomic E-state index is 0.00851. The van der Waals surface area contributed by atoms with E-state index in [0.29, 0.717) is 35.1 Å². The van der Waals surface area contributed by atoms with Crippen LogP contribution < -0.4 is 15.0 Å². The first-order chi connectivity index (χ1) is 14.4. The Balaban J connectivity index is 0.00000218. The molecule has 1 aliphatic heterocycles. The van der Waals surface area contributed by atoms with Gasteiger partial charge in [-0.2, -0.15) is 0 Å². The van der Waals surface area contributed by atoms with Gasteiger partial charge in [0.1, 0.15) is 5.75 Å². The van der Waals surface area contributed by atoms with Crippen LogP contribution in [0.3, 0.4) is 0 Å². The molecule has 0 atom stereocenters. The van der Waals surface area contributed by atoms with E-state index in [2.05, 4.69) is 28.5 Å². The van der Waals surface area contributed by atoms with Gasteiger partial charge in [-0.1, -0.05) is 38.1 Å². The summed E-state index contributed by atoms with van der Waals surface area (Å²) in [6, 6.07) is 5.69. The number of ether oxygens (including phenoxy) is 1. The van der Waals surface area contributed by atoms with Gasteiger partial charge in [-0.15, -0.1) is 0 Å². The molecule has 8 heteroatoms. The lowest BCUT2D eigenvalue weighted by atomic mass is 10.2. The molecule has 1 heterocycles. The Morgan fingerprint density at radius 2 is 1.97 bits per heavy atom. The van der Waals surface area contributed by atoms with Crippen LogP contribution in [0.15, 0.2) is 47.1 Å². The summed E-state index contributed by atoms with van der Waals surface area (Å²) in [4.78, 5) is 20.1. The van der Waals surface area contributed by atoms with Gasteiger partial charge in [0.2, 0.25) is 5.91 Å². The van der Waals surface area contributed by atoms with Crippen molar-refractivity contribution in [1.82, 2.24) is 10.2 Å². The first kappa shape index (κ1) is 25.2. The molecular formula is C22H32ClN5O2. The number of nitrogens with zero attached hydrogens (tertiary/aromatic N) is 3. The number of rotatable bonds is 7.